The molecule has 3 N–H and O–H groups in total. The molecule has 0 fully saturated rings. The summed E-state index contributed by atoms with van der Waals surface area (Å²) in [5, 5.41) is 0. The molecule has 0 amide bonds. The smallest absolute Gasteiger partial charge is 0.124 e. The van der Waals surface area contributed by atoms with Crippen LogP contribution in [-0.2, 0) is 0 Å². The molecule has 112 valence electrons. The fourth-order valence-corrected chi connectivity index (χ4v) is 2.50. The van der Waals surface area contributed by atoms with Gasteiger partial charge in [0.1, 0.15) is 11.5 Å². The number of nitrogens with two attached hydrogens (primary N) is 1. The van der Waals surface area contributed by atoms with Gasteiger partial charge in [0.25, 0.3) is 0 Å². The number of benzene rings is 2. The maximum Gasteiger partial charge on any atom is 0.124 e. The van der Waals surface area contributed by atoms with Crippen molar-refractivity contribution in [1.82, 2.24) is 5.43 Å². The van der Waals surface area contributed by atoms with Crippen LogP contribution in [0.4, 0.5) is 0 Å². The van der Waals surface area contributed by atoms with Gasteiger partial charge >= 0.3 is 0 Å². The minimum atomic E-state index is -0.133. The minimum Gasteiger partial charge on any atom is -0.497 e. The molecule has 21 heavy (non-hydrogen) atoms. The number of aryl methyl sites for hydroxylation is 2. The molecule has 0 saturated carbocycles. The van der Waals surface area contributed by atoms with Gasteiger partial charge in [-0.15, -0.1) is 0 Å². The van der Waals surface area contributed by atoms with E-state index in [0.717, 1.165) is 33.8 Å². The summed E-state index contributed by atoms with van der Waals surface area (Å²) < 4.78 is 10.7. The van der Waals surface area contributed by atoms with Gasteiger partial charge in [-0.2, -0.15) is 0 Å². The lowest BCUT2D eigenvalue weighted by molar-refractivity contribution is 0.403. The molecule has 0 aromatic heterocycles. The average molecular weight is 286 g/mol. The Balaban J connectivity index is 2.49. The Bertz CT molecular complexity index is 626. The molecule has 0 bridgehead atoms. The molecular formula is C17H22N2O2. The summed E-state index contributed by atoms with van der Waals surface area (Å²) in [7, 11) is 3.34. The summed E-state index contributed by atoms with van der Waals surface area (Å²) in [6, 6.07) is 11.9. The summed E-state index contributed by atoms with van der Waals surface area (Å²) in [5.41, 5.74) is 7.26. The third kappa shape index (κ3) is 3.17. The van der Waals surface area contributed by atoms with Crippen LogP contribution >= 0.6 is 0 Å². The first kappa shape index (κ1) is 15.4. The predicted molar refractivity (Wildman–Crippen MR) is 84.6 cm³/mol. The topological polar surface area (TPSA) is 56.5 Å². The van der Waals surface area contributed by atoms with Gasteiger partial charge in [0.05, 0.1) is 20.3 Å². The lowest BCUT2D eigenvalue weighted by Crippen LogP contribution is -2.29. The van der Waals surface area contributed by atoms with E-state index in [-0.39, 0.29) is 6.04 Å². The Morgan fingerprint density at radius 1 is 0.952 bits per heavy atom. The molecule has 1 unspecified atom stereocenters. The lowest BCUT2D eigenvalue weighted by atomic mass is 9.94. The highest BCUT2D eigenvalue weighted by Crippen LogP contribution is 2.33. The van der Waals surface area contributed by atoms with E-state index in [1.165, 1.54) is 0 Å². The third-order valence-electron chi connectivity index (χ3n) is 3.65. The molecule has 0 aliphatic carbocycles. The zero-order chi connectivity index (χ0) is 15.4. The predicted octanol–water partition coefficient (Wildman–Crippen LogP) is 2.87. The highest BCUT2D eigenvalue weighted by atomic mass is 16.5. The van der Waals surface area contributed by atoms with Crippen molar-refractivity contribution in [2.75, 3.05) is 14.2 Å². The zero-order valence-electron chi connectivity index (χ0n) is 12.9. The fourth-order valence-electron chi connectivity index (χ4n) is 2.50. The molecule has 0 radical (unpaired) electrons. The van der Waals surface area contributed by atoms with Gasteiger partial charge in [-0.1, -0.05) is 18.2 Å². The van der Waals surface area contributed by atoms with Crippen LogP contribution in [0.1, 0.15) is 28.3 Å². The van der Waals surface area contributed by atoms with Crippen LogP contribution in [0.5, 0.6) is 11.5 Å². The molecule has 0 saturated heterocycles. The molecule has 2 aromatic carbocycles. The van der Waals surface area contributed by atoms with Gasteiger partial charge in [0.15, 0.2) is 0 Å². The van der Waals surface area contributed by atoms with E-state index in [0.29, 0.717) is 0 Å². The van der Waals surface area contributed by atoms with Crippen molar-refractivity contribution < 1.29 is 9.47 Å². The molecular weight excluding hydrogens is 264 g/mol. The van der Waals surface area contributed by atoms with E-state index in [9.17, 15) is 0 Å². The SMILES string of the molecule is COc1ccc(C(NN)c2ccc(C)cc2OC)c(C)c1. The molecule has 1 atom stereocenters. The molecule has 0 aliphatic rings. The van der Waals surface area contributed by atoms with Crippen molar-refractivity contribution in [2.24, 2.45) is 5.84 Å². The van der Waals surface area contributed by atoms with Crippen LogP contribution in [0.2, 0.25) is 0 Å². The lowest BCUT2D eigenvalue weighted by Gasteiger charge is -2.22. The largest absolute Gasteiger partial charge is 0.497 e. The first-order chi connectivity index (χ1) is 10.1. The van der Waals surface area contributed by atoms with Crippen molar-refractivity contribution in [3.63, 3.8) is 0 Å². The van der Waals surface area contributed by atoms with Crippen molar-refractivity contribution in [2.45, 2.75) is 19.9 Å². The fraction of sp³-hybridized carbons (Fsp3) is 0.294. The van der Waals surface area contributed by atoms with Crippen molar-refractivity contribution >= 4 is 0 Å². The second-order valence-corrected chi connectivity index (χ2v) is 5.07. The van der Waals surface area contributed by atoms with Crippen LogP contribution < -0.4 is 20.7 Å². The van der Waals surface area contributed by atoms with Gasteiger partial charge in [-0.05, 0) is 48.7 Å². The Morgan fingerprint density at radius 3 is 2.24 bits per heavy atom. The van der Waals surface area contributed by atoms with Crippen LogP contribution in [0.3, 0.4) is 0 Å². The first-order valence-corrected chi connectivity index (χ1v) is 6.86. The Kier molecular flexibility index (Phi) is 4.83. The van der Waals surface area contributed by atoms with E-state index < -0.39 is 0 Å². The molecule has 0 heterocycles. The molecule has 2 rings (SSSR count). The summed E-state index contributed by atoms with van der Waals surface area (Å²) >= 11 is 0. The van der Waals surface area contributed by atoms with Gasteiger partial charge in [-0.25, -0.2) is 5.43 Å². The van der Waals surface area contributed by atoms with Gasteiger partial charge < -0.3 is 9.47 Å². The molecule has 0 spiro atoms. The van der Waals surface area contributed by atoms with Crippen molar-refractivity contribution in [1.29, 1.82) is 0 Å². The monoisotopic (exact) mass is 286 g/mol. The number of hydrogen-bond acceptors (Lipinski definition) is 4. The summed E-state index contributed by atoms with van der Waals surface area (Å²) in [5.74, 6) is 7.46. The number of ether oxygens (including phenoxy) is 2. The number of nitrogens with one attached hydrogen (secondary N) is 1. The standard InChI is InChI=1S/C17H22N2O2/c1-11-5-7-15(16(9-11)21-4)17(19-18)14-8-6-13(20-3)10-12(14)2/h5-10,17,19H,18H2,1-4H3. The number of hydrazine groups is 1. The van der Waals surface area contributed by atoms with Crippen LogP contribution in [-0.4, -0.2) is 14.2 Å². The second kappa shape index (κ2) is 6.61. The van der Waals surface area contributed by atoms with Crippen molar-refractivity contribution in [3.05, 3.63) is 58.7 Å². The maximum absolute atomic E-state index is 5.80. The summed E-state index contributed by atoms with van der Waals surface area (Å²) in [6.07, 6.45) is 0. The highest BCUT2D eigenvalue weighted by Gasteiger charge is 2.19. The summed E-state index contributed by atoms with van der Waals surface area (Å²) in [6.45, 7) is 4.08. The number of rotatable bonds is 5. The number of hydrogen-bond donors (Lipinski definition) is 2. The second-order valence-electron chi connectivity index (χ2n) is 5.07. The van der Waals surface area contributed by atoms with Gasteiger partial charge in [-0.3, -0.25) is 5.84 Å². The Hall–Kier alpha value is -2.04. The van der Waals surface area contributed by atoms with Crippen LogP contribution in [0, 0.1) is 13.8 Å². The molecule has 2 aromatic rings. The van der Waals surface area contributed by atoms with Crippen LogP contribution in [0.25, 0.3) is 0 Å². The van der Waals surface area contributed by atoms with E-state index in [2.05, 4.69) is 11.5 Å². The third-order valence-corrected chi connectivity index (χ3v) is 3.65. The normalized spacial score (nSPS) is 12.0. The van der Waals surface area contributed by atoms with E-state index in [1.807, 2.05) is 44.2 Å². The Labute approximate surface area is 125 Å². The van der Waals surface area contributed by atoms with Gasteiger partial charge in [0, 0.05) is 5.56 Å². The van der Waals surface area contributed by atoms with E-state index in [4.69, 9.17) is 15.3 Å². The van der Waals surface area contributed by atoms with E-state index >= 15 is 0 Å². The number of methoxy groups -OCH3 is 2. The van der Waals surface area contributed by atoms with Crippen molar-refractivity contribution in [3.8, 4) is 11.5 Å². The zero-order valence-corrected chi connectivity index (χ0v) is 12.9. The maximum atomic E-state index is 5.80. The molecule has 4 heteroatoms. The van der Waals surface area contributed by atoms with Crippen LogP contribution in [0.15, 0.2) is 36.4 Å². The minimum absolute atomic E-state index is 0.133. The average Bonchev–Trinajstić information content (AvgIpc) is 2.50. The first-order valence-electron chi connectivity index (χ1n) is 6.86. The van der Waals surface area contributed by atoms with Gasteiger partial charge in [0.2, 0.25) is 0 Å². The quantitative estimate of drug-likeness (QED) is 0.655. The Morgan fingerprint density at radius 2 is 1.67 bits per heavy atom. The highest BCUT2D eigenvalue weighted by molar-refractivity contribution is 5.47. The summed E-state index contributed by atoms with van der Waals surface area (Å²) in [4.78, 5) is 0. The molecule has 4 nitrogen and oxygen atoms in total. The van der Waals surface area contributed by atoms with E-state index in [1.54, 1.807) is 14.2 Å². The molecule has 0 aliphatic heterocycles.